The molecule has 0 saturated carbocycles. The minimum Gasteiger partial charge on any atom is -0.354 e. The lowest BCUT2D eigenvalue weighted by Gasteiger charge is -2.16. The van der Waals surface area contributed by atoms with Crippen molar-refractivity contribution in [2.45, 2.75) is 34.1 Å². The Labute approximate surface area is 407 Å². The molecular formula is C67H54N2. The van der Waals surface area contributed by atoms with E-state index < -0.39 is 0 Å². The number of allylic oxidation sites excluding steroid dienone is 6. The van der Waals surface area contributed by atoms with E-state index in [2.05, 4.69) is 263 Å². The first-order chi connectivity index (χ1) is 33.8. The molecule has 2 nitrogen and oxygen atoms in total. The average molecular weight is 887 g/mol. The van der Waals surface area contributed by atoms with Crippen LogP contribution in [0.15, 0.2) is 241 Å². The molecule has 2 heteroatoms. The van der Waals surface area contributed by atoms with Crippen molar-refractivity contribution in [3.8, 4) is 55.8 Å². The van der Waals surface area contributed by atoms with E-state index in [-0.39, 0.29) is 5.92 Å². The van der Waals surface area contributed by atoms with Crippen molar-refractivity contribution in [2.24, 2.45) is 10.9 Å². The van der Waals surface area contributed by atoms with Crippen molar-refractivity contribution in [2.75, 3.05) is 0 Å². The second-order valence-electron chi connectivity index (χ2n) is 18.7. The molecule has 2 aliphatic rings. The molecule has 0 fully saturated rings. The third-order valence-electron chi connectivity index (χ3n) is 13.8. The van der Waals surface area contributed by atoms with E-state index in [0.717, 1.165) is 68.2 Å². The lowest BCUT2D eigenvalue weighted by molar-refractivity contribution is 0.876. The number of aromatic nitrogens is 1. The Morgan fingerprint density at radius 3 is 1.33 bits per heavy atom. The second kappa shape index (κ2) is 18.7. The Hall–Kier alpha value is -8.33. The van der Waals surface area contributed by atoms with Crippen molar-refractivity contribution < 1.29 is 0 Å². The van der Waals surface area contributed by atoms with Gasteiger partial charge in [0.25, 0.3) is 0 Å². The van der Waals surface area contributed by atoms with Crippen LogP contribution in [0.4, 0.5) is 0 Å². The van der Waals surface area contributed by atoms with Gasteiger partial charge in [-0.15, -0.1) is 0 Å². The van der Waals surface area contributed by atoms with Crippen LogP contribution in [0.5, 0.6) is 0 Å². The number of hydrogen-bond acceptors (Lipinski definition) is 1. The number of H-pyrrole nitrogens is 1. The van der Waals surface area contributed by atoms with Gasteiger partial charge < -0.3 is 4.98 Å². The van der Waals surface area contributed by atoms with Gasteiger partial charge in [0, 0.05) is 34.0 Å². The van der Waals surface area contributed by atoms with Gasteiger partial charge in [-0.2, -0.15) is 0 Å². The highest BCUT2D eigenvalue weighted by Crippen LogP contribution is 2.45. The van der Waals surface area contributed by atoms with Crippen LogP contribution < -0.4 is 0 Å². The predicted octanol–water partition coefficient (Wildman–Crippen LogP) is 17.5. The normalized spacial score (nSPS) is 15.1. The zero-order valence-corrected chi connectivity index (χ0v) is 39.7. The second-order valence-corrected chi connectivity index (χ2v) is 18.7. The van der Waals surface area contributed by atoms with Crippen LogP contribution in [-0.4, -0.2) is 10.7 Å². The van der Waals surface area contributed by atoms with Crippen molar-refractivity contribution in [1.29, 1.82) is 0 Å². The van der Waals surface area contributed by atoms with Crippen LogP contribution in [-0.2, 0) is 0 Å². The summed E-state index contributed by atoms with van der Waals surface area (Å²) in [7, 11) is 0. The summed E-state index contributed by atoms with van der Waals surface area (Å²) in [5.41, 5.74) is 26.6. The molecule has 1 unspecified atom stereocenters. The smallest absolute Gasteiger partial charge is 0.0811 e. The Balaban J connectivity index is 1.08. The van der Waals surface area contributed by atoms with Gasteiger partial charge >= 0.3 is 0 Å². The number of benzene rings is 8. The van der Waals surface area contributed by atoms with Crippen LogP contribution in [0.3, 0.4) is 0 Å². The highest BCUT2D eigenvalue weighted by molar-refractivity contribution is 6.15. The molecule has 0 amide bonds. The van der Waals surface area contributed by atoms with E-state index >= 15 is 0 Å². The van der Waals surface area contributed by atoms with Gasteiger partial charge in [-0.05, 0) is 113 Å². The molecule has 0 bridgehead atoms. The topological polar surface area (TPSA) is 28.1 Å². The monoisotopic (exact) mass is 886 g/mol. The van der Waals surface area contributed by atoms with E-state index in [4.69, 9.17) is 4.99 Å². The van der Waals surface area contributed by atoms with Crippen molar-refractivity contribution in [3.05, 3.63) is 281 Å². The van der Waals surface area contributed by atoms with Gasteiger partial charge in [0.2, 0.25) is 0 Å². The van der Waals surface area contributed by atoms with Crippen molar-refractivity contribution in [3.63, 3.8) is 0 Å². The summed E-state index contributed by atoms with van der Waals surface area (Å²) in [5, 5.41) is 0. The fourth-order valence-corrected chi connectivity index (χ4v) is 9.64. The molecule has 0 radical (unpaired) electrons. The summed E-state index contributed by atoms with van der Waals surface area (Å²) in [6.45, 7) is 8.54. The maximum absolute atomic E-state index is 5.75. The first-order valence-electron chi connectivity index (χ1n) is 24.1. The molecule has 9 aromatic rings. The number of nitrogens with zero attached hydrogens (tertiary/aromatic N) is 1. The molecule has 1 N–H and O–H groups in total. The number of aromatic amines is 1. The molecule has 11 rings (SSSR count). The van der Waals surface area contributed by atoms with E-state index in [9.17, 15) is 0 Å². The quantitative estimate of drug-likeness (QED) is 0.142. The van der Waals surface area contributed by atoms with Gasteiger partial charge in [-0.3, -0.25) is 4.99 Å². The highest BCUT2D eigenvalue weighted by atomic mass is 14.8. The van der Waals surface area contributed by atoms with Crippen molar-refractivity contribution >= 4 is 22.4 Å². The number of aliphatic imine (C=N–C) groups is 1. The maximum Gasteiger partial charge on any atom is 0.0811 e. The molecule has 1 aromatic heterocycles. The summed E-state index contributed by atoms with van der Waals surface area (Å²) in [6.07, 6.45) is 10.2. The maximum atomic E-state index is 5.75. The Morgan fingerprint density at radius 2 is 0.870 bits per heavy atom. The average Bonchev–Trinajstić information content (AvgIpc) is 4.04. The number of nitrogens with one attached hydrogen (secondary N) is 1. The van der Waals surface area contributed by atoms with Crippen LogP contribution in [0.1, 0.15) is 51.1 Å². The van der Waals surface area contributed by atoms with Crippen LogP contribution in [0.25, 0.3) is 72.5 Å². The van der Waals surface area contributed by atoms with Crippen LogP contribution >= 0.6 is 0 Å². The van der Waals surface area contributed by atoms with Crippen LogP contribution in [0.2, 0.25) is 0 Å². The Bertz CT molecular complexity index is 3450. The summed E-state index contributed by atoms with van der Waals surface area (Å²) in [6, 6.07) is 75.4. The van der Waals surface area contributed by atoms with Crippen LogP contribution in [0, 0.1) is 33.6 Å². The molecule has 332 valence electrons. The Morgan fingerprint density at radius 1 is 0.449 bits per heavy atom. The van der Waals surface area contributed by atoms with Crippen molar-refractivity contribution in [1.82, 2.24) is 4.98 Å². The zero-order chi connectivity index (χ0) is 46.8. The third-order valence-corrected chi connectivity index (χ3v) is 13.8. The Kier molecular flexibility index (Phi) is 11.8. The van der Waals surface area contributed by atoms with Gasteiger partial charge in [0.05, 0.1) is 11.4 Å². The molecule has 1 aliphatic heterocycles. The van der Waals surface area contributed by atoms with Gasteiger partial charge in [-0.1, -0.05) is 241 Å². The number of rotatable bonds is 10. The standard InChI is InChI=1S/C67H54N2/c1-44-10-18-48(19-11-44)52-26-34-56(35-27-52)61-42-63(58-38-30-54(31-39-58)50-22-14-46(3)15-23-50)68-66(61)65(60-8-6-5-7-9-60)67-62(57-36-28-53(29-37-57)49-20-12-45(2)13-21-49)43-64(69-67)59-40-32-55(33-41-59)51-24-16-47(4)17-25-51/h5-40,42-43,59,68H,41H2,1-4H3/b67-65-. The lowest BCUT2D eigenvalue weighted by Crippen LogP contribution is -2.10. The fourth-order valence-electron chi connectivity index (χ4n) is 9.64. The SMILES string of the molecule is Cc1ccc(C2=CCC(C3=N/C(=C(/c4ccccc4)c4[nH]c(-c5ccc(-c6ccc(C)cc6)cc5)cc4-c4ccc(-c5ccc(C)cc5)cc4)C(c4ccc(-c5ccc(C)cc5)cc4)=C3)C=C2)cc1. The molecule has 2 heterocycles. The number of aryl methyl sites for hydroxylation is 4. The summed E-state index contributed by atoms with van der Waals surface area (Å²) >= 11 is 0. The number of hydrogen-bond donors (Lipinski definition) is 1. The van der Waals surface area contributed by atoms with Gasteiger partial charge in [-0.25, -0.2) is 0 Å². The summed E-state index contributed by atoms with van der Waals surface area (Å²) in [4.78, 5) is 9.80. The minimum atomic E-state index is 0.121. The third kappa shape index (κ3) is 9.10. The van der Waals surface area contributed by atoms with Gasteiger partial charge in [0.15, 0.2) is 0 Å². The first-order valence-corrected chi connectivity index (χ1v) is 24.1. The van der Waals surface area contributed by atoms with Gasteiger partial charge in [0.1, 0.15) is 0 Å². The summed E-state index contributed by atoms with van der Waals surface area (Å²) < 4.78 is 0. The van der Waals surface area contributed by atoms with E-state index in [1.807, 2.05) is 0 Å². The molecule has 1 aliphatic carbocycles. The lowest BCUT2D eigenvalue weighted by atomic mass is 9.88. The van der Waals surface area contributed by atoms with E-state index in [1.54, 1.807) is 0 Å². The predicted molar refractivity (Wildman–Crippen MR) is 293 cm³/mol. The highest BCUT2D eigenvalue weighted by Gasteiger charge is 2.28. The largest absolute Gasteiger partial charge is 0.354 e. The van der Waals surface area contributed by atoms with E-state index in [1.165, 1.54) is 66.8 Å². The minimum absolute atomic E-state index is 0.121. The molecule has 1 atom stereocenters. The summed E-state index contributed by atoms with van der Waals surface area (Å²) in [5.74, 6) is 0.121. The van der Waals surface area contributed by atoms with E-state index in [0.29, 0.717) is 0 Å². The zero-order valence-electron chi connectivity index (χ0n) is 39.7. The molecule has 8 aromatic carbocycles. The first kappa shape index (κ1) is 43.3. The fraction of sp³-hybridized carbons (Fsp3) is 0.0896. The molecule has 69 heavy (non-hydrogen) atoms. The molecule has 0 spiro atoms. The molecular weight excluding hydrogens is 833 g/mol. The molecule has 0 saturated heterocycles.